The molecule has 0 radical (unpaired) electrons. The first kappa shape index (κ1) is 12.6. The van der Waals surface area contributed by atoms with Gasteiger partial charge in [-0.05, 0) is 25.0 Å². The van der Waals surface area contributed by atoms with Crippen LogP contribution in [0, 0.1) is 0 Å². The van der Waals surface area contributed by atoms with Crippen molar-refractivity contribution >= 4 is 5.78 Å². The minimum Gasteiger partial charge on any atom is -0.490 e. The third-order valence-corrected chi connectivity index (χ3v) is 3.41. The fourth-order valence-electron chi connectivity index (χ4n) is 2.21. The lowest BCUT2D eigenvalue weighted by Gasteiger charge is -2.23. The lowest BCUT2D eigenvalue weighted by Crippen LogP contribution is -2.42. The minimum absolute atomic E-state index is 0.134. The summed E-state index contributed by atoms with van der Waals surface area (Å²) in [5.74, 6) is 0.949. The minimum atomic E-state index is 0.134. The maximum absolute atomic E-state index is 12.2. The van der Waals surface area contributed by atoms with Gasteiger partial charge in [-0.3, -0.25) is 4.79 Å². The highest BCUT2D eigenvalue weighted by Crippen LogP contribution is 2.27. The van der Waals surface area contributed by atoms with Crippen LogP contribution in [0.4, 0.5) is 0 Å². The smallest absolute Gasteiger partial charge is 0.164 e. The molecule has 1 aliphatic carbocycles. The molecule has 1 aliphatic heterocycles. The summed E-state index contributed by atoms with van der Waals surface area (Å²) >= 11 is 0. The normalized spacial score (nSPS) is 23.1. The first-order chi connectivity index (χ1) is 9.31. The zero-order chi connectivity index (χ0) is 13.1. The third-order valence-electron chi connectivity index (χ3n) is 3.41. The Balaban J connectivity index is 1.61. The van der Waals surface area contributed by atoms with Gasteiger partial charge in [0.05, 0.1) is 19.3 Å². The summed E-state index contributed by atoms with van der Waals surface area (Å²) in [5, 5.41) is 3.30. The predicted molar refractivity (Wildman–Crippen MR) is 71.6 cm³/mol. The van der Waals surface area contributed by atoms with E-state index in [9.17, 15) is 4.79 Å². The Morgan fingerprint density at radius 3 is 3.05 bits per heavy atom. The number of nitrogens with one attached hydrogen (secondary N) is 1. The topological polar surface area (TPSA) is 47.6 Å². The predicted octanol–water partition coefficient (Wildman–Crippen LogP) is 1.79. The Hall–Kier alpha value is -1.39. The number of ketones is 1. The van der Waals surface area contributed by atoms with Crippen molar-refractivity contribution in [2.75, 3.05) is 19.8 Å². The summed E-state index contributed by atoms with van der Waals surface area (Å²) in [6.07, 6.45) is 3.09. The zero-order valence-electron chi connectivity index (χ0n) is 10.9. The van der Waals surface area contributed by atoms with Crippen LogP contribution in [0.15, 0.2) is 24.3 Å². The van der Waals surface area contributed by atoms with Gasteiger partial charge in [-0.1, -0.05) is 12.1 Å². The molecule has 1 saturated carbocycles. The summed E-state index contributed by atoms with van der Waals surface area (Å²) in [4.78, 5) is 12.2. The second kappa shape index (κ2) is 5.72. The highest BCUT2D eigenvalue weighted by atomic mass is 16.5. The monoisotopic (exact) mass is 261 g/mol. The molecule has 3 rings (SSSR count). The van der Waals surface area contributed by atoms with Crippen molar-refractivity contribution in [2.24, 2.45) is 0 Å². The van der Waals surface area contributed by atoms with Crippen LogP contribution in [0.2, 0.25) is 0 Å². The Labute approximate surface area is 113 Å². The Morgan fingerprint density at radius 1 is 1.42 bits per heavy atom. The van der Waals surface area contributed by atoms with Crippen LogP contribution in [0.1, 0.15) is 29.6 Å². The van der Waals surface area contributed by atoms with Gasteiger partial charge in [0, 0.05) is 24.6 Å². The number of Topliss-reactive ketones (excluding diaryl/α,β-unsaturated/α-hetero) is 1. The molecule has 2 fully saturated rings. The van der Waals surface area contributed by atoms with Gasteiger partial charge in [0.15, 0.2) is 5.78 Å². The molecule has 2 aliphatic rings. The molecule has 0 spiro atoms. The highest BCUT2D eigenvalue weighted by molar-refractivity contribution is 5.96. The van der Waals surface area contributed by atoms with E-state index in [4.69, 9.17) is 9.47 Å². The summed E-state index contributed by atoms with van der Waals surface area (Å²) in [6.45, 7) is 2.17. The van der Waals surface area contributed by atoms with Crippen molar-refractivity contribution < 1.29 is 14.3 Å². The Morgan fingerprint density at radius 2 is 2.32 bits per heavy atom. The van der Waals surface area contributed by atoms with Gasteiger partial charge >= 0.3 is 0 Å². The van der Waals surface area contributed by atoms with E-state index in [1.807, 2.05) is 24.3 Å². The standard InChI is InChI=1S/C15H19NO3/c17-15(9-12-10-18-7-6-16-12)11-2-1-3-14(8-11)19-13-4-5-13/h1-3,8,12-13,16H,4-7,9-10H2. The molecular weight excluding hydrogens is 242 g/mol. The number of carbonyl (C=O) groups is 1. The lowest BCUT2D eigenvalue weighted by atomic mass is 10.0. The number of carbonyl (C=O) groups excluding carboxylic acids is 1. The van der Waals surface area contributed by atoms with Crippen molar-refractivity contribution in [3.8, 4) is 5.75 Å². The van der Waals surface area contributed by atoms with Crippen LogP contribution >= 0.6 is 0 Å². The quantitative estimate of drug-likeness (QED) is 0.821. The van der Waals surface area contributed by atoms with E-state index in [0.717, 1.165) is 37.3 Å². The van der Waals surface area contributed by atoms with E-state index in [-0.39, 0.29) is 11.8 Å². The molecule has 0 amide bonds. The number of ether oxygens (including phenoxy) is 2. The van der Waals surface area contributed by atoms with Crippen molar-refractivity contribution in [3.63, 3.8) is 0 Å². The van der Waals surface area contributed by atoms with Gasteiger partial charge in [0.1, 0.15) is 5.75 Å². The van der Waals surface area contributed by atoms with E-state index in [1.165, 1.54) is 0 Å². The van der Waals surface area contributed by atoms with E-state index in [2.05, 4.69) is 5.32 Å². The summed E-state index contributed by atoms with van der Waals surface area (Å²) in [7, 11) is 0. The molecule has 1 aromatic rings. The van der Waals surface area contributed by atoms with E-state index < -0.39 is 0 Å². The molecule has 1 atom stereocenters. The first-order valence-corrected chi connectivity index (χ1v) is 6.92. The SMILES string of the molecule is O=C(CC1COCCN1)c1cccc(OC2CC2)c1. The Bertz CT molecular complexity index is 450. The summed E-state index contributed by atoms with van der Waals surface area (Å²) < 4.78 is 11.1. The van der Waals surface area contributed by atoms with Gasteiger partial charge in [-0.15, -0.1) is 0 Å². The average Bonchev–Trinajstić information content (AvgIpc) is 3.24. The van der Waals surface area contributed by atoms with Crippen molar-refractivity contribution in [2.45, 2.75) is 31.4 Å². The highest BCUT2D eigenvalue weighted by Gasteiger charge is 2.24. The van der Waals surface area contributed by atoms with Crippen LogP contribution < -0.4 is 10.1 Å². The van der Waals surface area contributed by atoms with E-state index in [1.54, 1.807) is 0 Å². The van der Waals surface area contributed by atoms with Crippen LogP contribution in [0.25, 0.3) is 0 Å². The average molecular weight is 261 g/mol. The second-order valence-corrected chi connectivity index (χ2v) is 5.20. The molecule has 1 saturated heterocycles. The largest absolute Gasteiger partial charge is 0.490 e. The van der Waals surface area contributed by atoms with Gasteiger partial charge in [0.2, 0.25) is 0 Å². The van der Waals surface area contributed by atoms with Crippen molar-refractivity contribution in [1.82, 2.24) is 5.32 Å². The maximum Gasteiger partial charge on any atom is 0.164 e. The van der Waals surface area contributed by atoms with Crippen molar-refractivity contribution in [1.29, 1.82) is 0 Å². The van der Waals surface area contributed by atoms with E-state index in [0.29, 0.717) is 19.1 Å². The number of hydrogen-bond donors (Lipinski definition) is 1. The summed E-state index contributed by atoms with van der Waals surface area (Å²) in [6, 6.07) is 7.64. The number of hydrogen-bond acceptors (Lipinski definition) is 4. The molecular formula is C15H19NO3. The van der Waals surface area contributed by atoms with Crippen LogP contribution in [0.5, 0.6) is 5.75 Å². The molecule has 0 aromatic heterocycles. The molecule has 102 valence electrons. The fraction of sp³-hybridized carbons (Fsp3) is 0.533. The molecule has 4 nitrogen and oxygen atoms in total. The third kappa shape index (κ3) is 3.55. The zero-order valence-corrected chi connectivity index (χ0v) is 10.9. The number of morpholine rings is 1. The van der Waals surface area contributed by atoms with Gasteiger partial charge in [0.25, 0.3) is 0 Å². The van der Waals surface area contributed by atoms with Crippen molar-refractivity contribution in [3.05, 3.63) is 29.8 Å². The number of benzene rings is 1. The number of rotatable bonds is 5. The molecule has 0 bridgehead atoms. The molecule has 1 heterocycles. The molecule has 1 aromatic carbocycles. The molecule has 19 heavy (non-hydrogen) atoms. The first-order valence-electron chi connectivity index (χ1n) is 6.92. The van der Waals surface area contributed by atoms with Gasteiger partial charge in [-0.2, -0.15) is 0 Å². The fourth-order valence-corrected chi connectivity index (χ4v) is 2.21. The van der Waals surface area contributed by atoms with Crippen LogP contribution in [-0.4, -0.2) is 37.7 Å². The summed E-state index contributed by atoms with van der Waals surface area (Å²) in [5.41, 5.74) is 0.727. The second-order valence-electron chi connectivity index (χ2n) is 5.20. The van der Waals surface area contributed by atoms with Gasteiger partial charge in [-0.25, -0.2) is 0 Å². The Kier molecular flexibility index (Phi) is 3.80. The van der Waals surface area contributed by atoms with Gasteiger partial charge < -0.3 is 14.8 Å². The lowest BCUT2D eigenvalue weighted by molar-refractivity contribution is 0.0676. The van der Waals surface area contributed by atoms with E-state index >= 15 is 0 Å². The molecule has 1 N–H and O–H groups in total. The van der Waals surface area contributed by atoms with Crippen LogP contribution in [0.3, 0.4) is 0 Å². The maximum atomic E-state index is 12.2. The molecule has 4 heteroatoms. The molecule has 1 unspecified atom stereocenters. The van der Waals surface area contributed by atoms with Crippen LogP contribution in [-0.2, 0) is 4.74 Å².